The van der Waals surface area contributed by atoms with Crippen molar-refractivity contribution in [2.24, 2.45) is 5.92 Å². The molecule has 0 aliphatic carbocycles. The summed E-state index contributed by atoms with van der Waals surface area (Å²) in [6.07, 6.45) is 3.34. The Labute approximate surface area is 308 Å². The number of aromatic amines is 1. The first-order valence-electron chi connectivity index (χ1n) is 17.5. The molecule has 0 radical (unpaired) electrons. The summed E-state index contributed by atoms with van der Waals surface area (Å²) in [6.45, 7) is 7.17. The van der Waals surface area contributed by atoms with Crippen LogP contribution in [0.25, 0.3) is 21.7 Å². The zero-order valence-corrected chi connectivity index (χ0v) is 31.0. The number of fused-ring (bicyclic) bond motifs is 2. The minimum absolute atomic E-state index is 0.0482. The fourth-order valence-electron chi connectivity index (χ4n) is 6.70. The molecule has 1 fully saturated rings. The molecule has 0 spiro atoms. The van der Waals surface area contributed by atoms with Crippen LogP contribution in [-0.4, -0.2) is 73.7 Å². The average molecular weight is 725 g/mol. The van der Waals surface area contributed by atoms with Gasteiger partial charge in [0.15, 0.2) is 5.78 Å². The van der Waals surface area contributed by atoms with Gasteiger partial charge in [-0.05, 0) is 79.6 Å². The summed E-state index contributed by atoms with van der Waals surface area (Å²) >= 11 is 6.34. The third-order valence-corrected chi connectivity index (χ3v) is 9.75. The lowest BCUT2D eigenvalue weighted by atomic mass is 9.90. The molecule has 1 saturated heterocycles. The highest BCUT2D eigenvalue weighted by Gasteiger charge is 2.27. The third-order valence-electron chi connectivity index (χ3n) is 9.44. The largest absolute Gasteiger partial charge is 0.497 e. The van der Waals surface area contributed by atoms with Crippen molar-refractivity contribution in [3.8, 4) is 11.5 Å². The van der Waals surface area contributed by atoms with Crippen molar-refractivity contribution in [1.82, 2.24) is 15.2 Å². The van der Waals surface area contributed by atoms with Gasteiger partial charge in [0.25, 0.3) is 0 Å². The number of amides is 2. The van der Waals surface area contributed by atoms with E-state index in [-0.39, 0.29) is 30.2 Å². The highest BCUT2D eigenvalue weighted by Crippen LogP contribution is 2.37. The van der Waals surface area contributed by atoms with Crippen LogP contribution in [0.4, 0.5) is 10.5 Å². The average Bonchev–Trinajstić information content (AvgIpc) is 3.52. The van der Waals surface area contributed by atoms with Gasteiger partial charge in [0.2, 0.25) is 5.91 Å². The number of likely N-dealkylation sites (tertiary alicyclic amines) is 1. The number of nitrogens with zero attached hydrogens (tertiary/aromatic N) is 1. The van der Waals surface area contributed by atoms with E-state index in [1.807, 2.05) is 75.4 Å². The van der Waals surface area contributed by atoms with Crippen molar-refractivity contribution >= 4 is 56.7 Å². The highest BCUT2D eigenvalue weighted by atomic mass is 35.5. The van der Waals surface area contributed by atoms with Crippen LogP contribution in [-0.2, 0) is 16.0 Å². The topological polar surface area (TPSA) is 122 Å². The fourth-order valence-corrected chi connectivity index (χ4v) is 6.92. The van der Waals surface area contributed by atoms with Gasteiger partial charge < -0.3 is 34.7 Å². The van der Waals surface area contributed by atoms with E-state index in [0.717, 1.165) is 45.6 Å². The number of carbonyl (C=O) groups is 3. The van der Waals surface area contributed by atoms with Crippen molar-refractivity contribution in [1.29, 1.82) is 0 Å². The van der Waals surface area contributed by atoms with Crippen LogP contribution >= 0.6 is 11.6 Å². The molecule has 10 nitrogen and oxygen atoms in total. The summed E-state index contributed by atoms with van der Waals surface area (Å²) in [5.74, 6) is 1.16. The fraction of sp³-hybridized carbons (Fsp3) is 0.341. The Morgan fingerprint density at radius 1 is 0.942 bits per heavy atom. The van der Waals surface area contributed by atoms with Gasteiger partial charge in [-0.3, -0.25) is 9.59 Å². The molecule has 0 atom stereocenters. The first-order chi connectivity index (χ1) is 24.9. The first-order valence-corrected chi connectivity index (χ1v) is 17.9. The molecule has 2 heterocycles. The normalized spacial score (nSPS) is 13.6. The van der Waals surface area contributed by atoms with Gasteiger partial charge in [0.1, 0.15) is 17.1 Å². The molecule has 272 valence electrons. The van der Waals surface area contributed by atoms with E-state index in [9.17, 15) is 14.4 Å². The zero-order chi connectivity index (χ0) is 37.0. The van der Waals surface area contributed by atoms with Crippen molar-refractivity contribution in [3.05, 3.63) is 100 Å². The number of benzene rings is 4. The zero-order valence-electron chi connectivity index (χ0n) is 30.2. The van der Waals surface area contributed by atoms with Gasteiger partial charge in [0, 0.05) is 66.0 Å². The second-order valence-corrected chi connectivity index (χ2v) is 14.6. The quantitative estimate of drug-likeness (QED) is 0.118. The highest BCUT2D eigenvalue weighted by molar-refractivity contribution is 6.35. The summed E-state index contributed by atoms with van der Waals surface area (Å²) < 4.78 is 16.7. The minimum atomic E-state index is -0.547. The number of halogens is 1. The number of hydrogen-bond acceptors (Lipinski definition) is 7. The molecule has 0 bridgehead atoms. The Balaban J connectivity index is 1.28. The molecular formula is C41H45ClN4O6. The van der Waals surface area contributed by atoms with Crippen LogP contribution in [0, 0.1) is 5.92 Å². The molecule has 1 aliphatic rings. The SMILES string of the molecule is COc1ccc(Cc2c(NCC(=O)NCC3CCN(C(=O)OC(C)(C)C)CC3)c(C(=O)c3ccc4c(Cl)c[nH]c4c3)cc3ccccc23)c(OC)c1. The van der Waals surface area contributed by atoms with Crippen LogP contribution in [0.5, 0.6) is 11.5 Å². The summed E-state index contributed by atoms with van der Waals surface area (Å²) in [5.41, 5.74) is 3.47. The molecule has 2 amide bonds. The Kier molecular flexibility index (Phi) is 11.0. The van der Waals surface area contributed by atoms with Gasteiger partial charge >= 0.3 is 6.09 Å². The number of ketones is 1. The van der Waals surface area contributed by atoms with Gasteiger partial charge in [-0.25, -0.2) is 4.79 Å². The van der Waals surface area contributed by atoms with E-state index < -0.39 is 5.60 Å². The monoisotopic (exact) mass is 724 g/mol. The van der Waals surface area contributed by atoms with Gasteiger partial charge in [0.05, 0.1) is 25.8 Å². The Morgan fingerprint density at radius 2 is 1.71 bits per heavy atom. The molecular weight excluding hydrogens is 680 g/mol. The molecule has 3 N–H and O–H groups in total. The molecule has 1 aromatic heterocycles. The number of hydrogen-bond donors (Lipinski definition) is 3. The molecule has 6 rings (SSSR count). The second-order valence-electron chi connectivity index (χ2n) is 14.1. The number of methoxy groups -OCH3 is 2. The van der Waals surface area contributed by atoms with Crippen molar-refractivity contribution in [3.63, 3.8) is 0 Å². The Hall–Kier alpha value is -5.22. The summed E-state index contributed by atoms with van der Waals surface area (Å²) in [4.78, 5) is 45.2. The minimum Gasteiger partial charge on any atom is -0.497 e. The third kappa shape index (κ3) is 8.29. The maximum absolute atomic E-state index is 14.4. The van der Waals surface area contributed by atoms with E-state index in [1.165, 1.54) is 0 Å². The molecule has 5 aromatic rings. The second kappa shape index (κ2) is 15.6. The molecule has 4 aromatic carbocycles. The van der Waals surface area contributed by atoms with E-state index in [0.29, 0.717) is 59.4 Å². The lowest BCUT2D eigenvalue weighted by Crippen LogP contribution is -2.44. The molecule has 11 heteroatoms. The number of rotatable bonds is 11. The lowest BCUT2D eigenvalue weighted by Gasteiger charge is -2.33. The van der Waals surface area contributed by atoms with E-state index >= 15 is 0 Å². The Morgan fingerprint density at radius 3 is 2.44 bits per heavy atom. The number of anilines is 1. The van der Waals surface area contributed by atoms with Gasteiger partial charge in [-0.2, -0.15) is 0 Å². The molecule has 1 aliphatic heterocycles. The maximum Gasteiger partial charge on any atom is 0.410 e. The van der Waals surface area contributed by atoms with Gasteiger partial charge in [-0.1, -0.05) is 54.1 Å². The van der Waals surface area contributed by atoms with Crippen LogP contribution < -0.4 is 20.1 Å². The van der Waals surface area contributed by atoms with Crippen LogP contribution in [0.2, 0.25) is 5.02 Å². The predicted molar refractivity (Wildman–Crippen MR) is 205 cm³/mol. The standard InChI is InChI=1S/C41H45ClN4O6/c1-41(2,3)52-40(49)46-16-14-25(15-17-46)22-44-37(47)24-45-38-32(19-27-10-12-29(50-4)21-36(27)51-5)30-9-7-6-8-26(30)18-33(38)39(48)28-11-13-31-34(42)23-43-35(31)20-28/h6-13,18,20-21,23,25,43,45H,14-17,19,22,24H2,1-5H3,(H,44,47). The maximum atomic E-state index is 14.4. The van der Waals surface area contributed by atoms with E-state index in [4.69, 9.17) is 25.8 Å². The molecule has 52 heavy (non-hydrogen) atoms. The predicted octanol–water partition coefficient (Wildman–Crippen LogP) is 7.99. The van der Waals surface area contributed by atoms with E-state index in [2.05, 4.69) is 15.6 Å². The first kappa shape index (κ1) is 36.6. The smallest absolute Gasteiger partial charge is 0.410 e. The number of aromatic nitrogens is 1. The number of piperidine rings is 1. The van der Waals surface area contributed by atoms with Crippen molar-refractivity contribution < 1.29 is 28.6 Å². The van der Waals surface area contributed by atoms with Crippen molar-refractivity contribution in [2.45, 2.75) is 45.6 Å². The Bertz CT molecular complexity index is 2110. The summed E-state index contributed by atoms with van der Waals surface area (Å²) in [6, 6.07) is 20.9. The van der Waals surface area contributed by atoms with Gasteiger partial charge in [-0.15, -0.1) is 0 Å². The van der Waals surface area contributed by atoms with E-state index in [1.54, 1.807) is 37.4 Å². The van der Waals surface area contributed by atoms with Crippen LogP contribution in [0.15, 0.2) is 72.9 Å². The summed E-state index contributed by atoms with van der Waals surface area (Å²) in [5, 5.41) is 9.70. The molecule has 0 saturated carbocycles. The number of carbonyl (C=O) groups excluding carboxylic acids is 3. The van der Waals surface area contributed by atoms with Crippen LogP contribution in [0.1, 0.15) is 60.7 Å². The number of H-pyrrole nitrogens is 1. The number of nitrogens with one attached hydrogen (secondary N) is 3. The summed E-state index contributed by atoms with van der Waals surface area (Å²) in [7, 11) is 3.22. The van der Waals surface area contributed by atoms with Crippen LogP contribution in [0.3, 0.4) is 0 Å². The number of ether oxygens (including phenoxy) is 3. The molecule has 0 unspecified atom stereocenters. The van der Waals surface area contributed by atoms with Crippen molar-refractivity contribution in [2.75, 3.05) is 45.7 Å². The lowest BCUT2D eigenvalue weighted by molar-refractivity contribution is -0.119.